The maximum atomic E-state index is 13.2. The van der Waals surface area contributed by atoms with Crippen LogP contribution in [-0.2, 0) is 0 Å². The summed E-state index contributed by atoms with van der Waals surface area (Å²) >= 11 is 1.73. The Kier molecular flexibility index (Phi) is 4.03. The van der Waals surface area contributed by atoms with Crippen LogP contribution < -0.4 is 0 Å². The number of carbonyl (C=O) groups is 1. The van der Waals surface area contributed by atoms with E-state index in [1.165, 1.54) is 4.88 Å². The van der Waals surface area contributed by atoms with Crippen LogP contribution in [0.25, 0.3) is 11.1 Å². The number of thiazole rings is 1. The molecule has 1 saturated heterocycles. The summed E-state index contributed by atoms with van der Waals surface area (Å²) in [6.45, 7) is 7.26. The number of aryl methyl sites for hydroxylation is 3. The third-order valence-electron chi connectivity index (χ3n) is 4.67. The lowest BCUT2D eigenvalue weighted by molar-refractivity contribution is 0.0709. The van der Waals surface area contributed by atoms with E-state index in [1.54, 1.807) is 11.3 Å². The SMILES string of the molecule is Cc1cc(C(=O)N2CCC[C@H](c3ncc(C)s3)C2)c2c(C)noc2n1. The molecule has 0 aliphatic carbocycles. The zero-order chi connectivity index (χ0) is 17.6. The first-order valence-corrected chi connectivity index (χ1v) is 9.30. The molecule has 1 atom stereocenters. The summed E-state index contributed by atoms with van der Waals surface area (Å²) in [5, 5.41) is 5.83. The van der Waals surface area contributed by atoms with E-state index < -0.39 is 0 Å². The van der Waals surface area contributed by atoms with Gasteiger partial charge in [-0.3, -0.25) is 4.79 Å². The lowest BCUT2D eigenvalue weighted by Gasteiger charge is -2.32. The van der Waals surface area contributed by atoms with Gasteiger partial charge in [-0.25, -0.2) is 9.97 Å². The van der Waals surface area contributed by atoms with Crippen LogP contribution in [0.2, 0.25) is 0 Å². The molecule has 0 aromatic carbocycles. The molecule has 4 rings (SSSR count). The van der Waals surface area contributed by atoms with Crippen LogP contribution in [0.5, 0.6) is 0 Å². The van der Waals surface area contributed by atoms with Gasteiger partial charge < -0.3 is 9.42 Å². The van der Waals surface area contributed by atoms with Crippen LogP contribution in [0.4, 0.5) is 0 Å². The predicted octanol–water partition coefficient (Wildman–Crippen LogP) is 3.62. The highest BCUT2D eigenvalue weighted by Gasteiger charge is 2.29. The molecule has 3 aromatic rings. The molecule has 4 heterocycles. The maximum absolute atomic E-state index is 13.2. The molecule has 0 bridgehead atoms. The van der Waals surface area contributed by atoms with Gasteiger partial charge >= 0.3 is 0 Å². The molecule has 25 heavy (non-hydrogen) atoms. The van der Waals surface area contributed by atoms with Crippen LogP contribution in [0.15, 0.2) is 16.8 Å². The highest BCUT2D eigenvalue weighted by Crippen LogP contribution is 2.31. The first kappa shape index (κ1) is 16.2. The minimum atomic E-state index is 0.0276. The third kappa shape index (κ3) is 2.93. The number of aromatic nitrogens is 3. The van der Waals surface area contributed by atoms with Crippen LogP contribution in [0.3, 0.4) is 0 Å². The fourth-order valence-corrected chi connectivity index (χ4v) is 4.38. The first-order valence-electron chi connectivity index (χ1n) is 8.48. The van der Waals surface area contributed by atoms with Crippen molar-refractivity contribution in [2.24, 2.45) is 0 Å². The molecule has 0 radical (unpaired) electrons. The molecule has 1 aliphatic heterocycles. The van der Waals surface area contributed by atoms with E-state index >= 15 is 0 Å². The van der Waals surface area contributed by atoms with Gasteiger partial charge in [-0.05, 0) is 39.7 Å². The normalized spacial score (nSPS) is 18.0. The molecule has 0 spiro atoms. The smallest absolute Gasteiger partial charge is 0.258 e. The summed E-state index contributed by atoms with van der Waals surface area (Å²) in [6.07, 6.45) is 3.98. The second kappa shape index (κ2) is 6.22. The quantitative estimate of drug-likeness (QED) is 0.701. The summed E-state index contributed by atoms with van der Waals surface area (Å²) in [5.41, 5.74) is 2.54. The van der Waals surface area contributed by atoms with Crippen molar-refractivity contribution in [1.82, 2.24) is 20.0 Å². The van der Waals surface area contributed by atoms with Crippen molar-refractivity contribution in [3.05, 3.63) is 39.1 Å². The Hall–Kier alpha value is -2.28. The number of carbonyl (C=O) groups excluding carboxylic acids is 1. The molecule has 3 aromatic heterocycles. The zero-order valence-corrected chi connectivity index (χ0v) is 15.4. The zero-order valence-electron chi connectivity index (χ0n) is 14.6. The molecular formula is C18H20N4O2S. The van der Waals surface area contributed by atoms with Gasteiger partial charge in [0.25, 0.3) is 11.6 Å². The number of likely N-dealkylation sites (tertiary alicyclic amines) is 1. The van der Waals surface area contributed by atoms with Gasteiger partial charge in [0.15, 0.2) is 0 Å². The molecular weight excluding hydrogens is 336 g/mol. The van der Waals surface area contributed by atoms with E-state index in [-0.39, 0.29) is 5.91 Å². The number of amides is 1. The Labute approximate surface area is 149 Å². The van der Waals surface area contributed by atoms with Crippen molar-refractivity contribution in [3.63, 3.8) is 0 Å². The van der Waals surface area contributed by atoms with E-state index in [1.807, 2.05) is 31.0 Å². The molecule has 1 aliphatic rings. The largest absolute Gasteiger partial charge is 0.338 e. The number of hydrogen-bond acceptors (Lipinski definition) is 6. The van der Waals surface area contributed by atoms with E-state index in [0.717, 1.165) is 35.5 Å². The van der Waals surface area contributed by atoms with Crippen molar-refractivity contribution >= 4 is 28.3 Å². The average molecular weight is 356 g/mol. The summed E-state index contributed by atoms with van der Waals surface area (Å²) in [5.74, 6) is 0.346. The van der Waals surface area contributed by atoms with Gasteiger partial charge in [0.05, 0.1) is 21.7 Å². The van der Waals surface area contributed by atoms with E-state index in [4.69, 9.17) is 4.52 Å². The average Bonchev–Trinajstić information content (AvgIpc) is 3.20. The van der Waals surface area contributed by atoms with E-state index in [2.05, 4.69) is 22.0 Å². The minimum absolute atomic E-state index is 0.0276. The first-order chi connectivity index (χ1) is 12.0. The maximum Gasteiger partial charge on any atom is 0.258 e. The number of fused-ring (bicyclic) bond motifs is 1. The van der Waals surface area contributed by atoms with Gasteiger partial charge in [0, 0.05) is 35.8 Å². The van der Waals surface area contributed by atoms with Crippen molar-refractivity contribution in [3.8, 4) is 0 Å². The van der Waals surface area contributed by atoms with Crippen molar-refractivity contribution < 1.29 is 9.32 Å². The number of piperidine rings is 1. The number of hydrogen-bond donors (Lipinski definition) is 0. The van der Waals surface area contributed by atoms with Crippen LogP contribution in [0, 0.1) is 20.8 Å². The van der Waals surface area contributed by atoms with Crippen molar-refractivity contribution in [1.29, 1.82) is 0 Å². The van der Waals surface area contributed by atoms with Crippen LogP contribution >= 0.6 is 11.3 Å². The monoisotopic (exact) mass is 356 g/mol. The summed E-state index contributed by atoms with van der Waals surface area (Å²) in [7, 11) is 0. The minimum Gasteiger partial charge on any atom is -0.338 e. The van der Waals surface area contributed by atoms with Crippen LogP contribution in [0.1, 0.15) is 50.4 Å². The Morgan fingerprint density at radius 1 is 1.36 bits per heavy atom. The Bertz CT molecular complexity index is 946. The highest BCUT2D eigenvalue weighted by atomic mass is 32.1. The molecule has 1 fully saturated rings. The summed E-state index contributed by atoms with van der Waals surface area (Å²) < 4.78 is 5.26. The summed E-state index contributed by atoms with van der Waals surface area (Å²) in [4.78, 5) is 25.2. The van der Waals surface area contributed by atoms with Gasteiger partial charge in [-0.1, -0.05) is 5.16 Å². The van der Waals surface area contributed by atoms with Crippen molar-refractivity contribution in [2.45, 2.75) is 39.5 Å². The predicted molar refractivity (Wildman–Crippen MR) is 96.0 cm³/mol. The lowest BCUT2D eigenvalue weighted by Crippen LogP contribution is -2.39. The molecule has 0 unspecified atom stereocenters. The molecule has 6 nitrogen and oxygen atoms in total. The van der Waals surface area contributed by atoms with E-state index in [9.17, 15) is 4.79 Å². The number of nitrogens with zero attached hydrogens (tertiary/aromatic N) is 4. The van der Waals surface area contributed by atoms with Gasteiger partial charge in [-0.15, -0.1) is 11.3 Å². The topological polar surface area (TPSA) is 72.1 Å². The Morgan fingerprint density at radius 2 is 2.20 bits per heavy atom. The molecule has 7 heteroatoms. The summed E-state index contributed by atoms with van der Waals surface area (Å²) in [6, 6.07) is 1.84. The number of pyridine rings is 1. The number of rotatable bonds is 2. The third-order valence-corrected chi connectivity index (χ3v) is 5.75. The fraction of sp³-hybridized carbons (Fsp3) is 0.444. The Balaban J connectivity index is 1.65. The lowest BCUT2D eigenvalue weighted by atomic mass is 9.97. The van der Waals surface area contributed by atoms with Crippen molar-refractivity contribution in [2.75, 3.05) is 13.1 Å². The standard InChI is InChI=1S/C18H20N4O2S/c1-10-7-14(15-12(3)21-24-16(15)20-10)18(23)22-6-4-5-13(9-22)17-19-8-11(2)25-17/h7-8,13H,4-6,9H2,1-3H3/t13-/m0/s1. The second-order valence-corrected chi connectivity index (χ2v) is 7.93. The van der Waals surface area contributed by atoms with Gasteiger partial charge in [0.2, 0.25) is 0 Å². The highest BCUT2D eigenvalue weighted by molar-refractivity contribution is 7.11. The Morgan fingerprint density at radius 3 is 2.96 bits per heavy atom. The van der Waals surface area contributed by atoms with E-state index in [0.29, 0.717) is 29.4 Å². The van der Waals surface area contributed by atoms with Gasteiger partial charge in [0.1, 0.15) is 0 Å². The van der Waals surface area contributed by atoms with Crippen LogP contribution in [-0.4, -0.2) is 39.0 Å². The molecule has 0 N–H and O–H groups in total. The second-order valence-electron chi connectivity index (χ2n) is 6.66. The molecule has 1 amide bonds. The van der Waals surface area contributed by atoms with Gasteiger partial charge in [-0.2, -0.15) is 0 Å². The molecule has 0 saturated carbocycles. The molecule has 130 valence electrons. The fourth-order valence-electron chi connectivity index (χ4n) is 3.48.